The third-order valence-corrected chi connectivity index (χ3v) is 3.19. The van der Waals surface area contributed by atoms with Crippen LogP contribution in [0.2, 0.25) is 10.0 Å². The normalized spacial score (nSPS) is 15.5. The number of rotatable bonds is 2. The first-order chi connectivity index (χ1) is 7.59. The van der Waals surface area contributed by atoms with Crippen molar-refractivity contribution in [3.63, 3.8) is 0 Å². The molecule has 0 unspecified atom stereocenters. The Morgan fingerprint density at radius 1 is 1.12 bits per heavy atom. The molecule has 0 saturated carbocycles. The van der Waals surface area contributed by atoms with Gasteiger partial charge in [-0.05, 0) is 37.6 Å². The van der Waals surface area contributed by atoms with Crippen LogP contribution in [0.3, 0.4) is 0 Å². The van der Waals surface area contributed by atoms with E-state index < -0.39 is 17.3 Å². The summed E-state index contributed by atoms with van der Waals surface area (Å²) in [5, 5.41) is 7.61. The standard InChI is InChI=1S/C11H10Cl2F3N/c1-6(17)10(2,11(14,15)16)7-3-8(12)5-9(13)4-7/h3-5,17H,1-2H3/t10-/m0/s1. The molecule has 0 aliphatic heterocycles. The summed E-state index contributed by atoms with van der Waals surface area (Å²) in [6.45, 7) is 2.06. The van der Waals surface area contributed by atoms with Crippen LogP contribution in [0.25, 0.3) is 0 Å². The van der Waals surface area contributed by atoms with E-state index in [0.717, 1.165) is 13.8 Å². The Hall–Kier alpha value is -0.740. The maximum atomic E-state index is 13.1. The van der Waals surface area contributed by atoms with Crippen molar-refractivity contribution in [1.29, 1.82) is 5.41 Å². The Morgan fingerprint density at radius 3 is 1.82 bits per heavy atom. The summed E-state index contributed by atoms with van der Waals surface area (Å²) >= 11 is 11.4. The van der Waals surface area contributed by atoms with Crippen LogP contribution in [0.1, 0.15) is 19.4 Å². The molecule has 1 atom stereocenters. The zero-order valence-corrected chi connectivity index (χ0v) is 10.6. The molecule has 0 amide bonds. The average Bonchev–Trinajstić information content (AvgIpc) is 2.12. The first kappa shape index (κ1) is 14.3. The quantitative estimate of drug-likeness (QED) is 0.750. The molecule has 6 heteroatoms. The number of benzene rings is 1. The molecule has 17 heavy (non-hydrogen) atoms. The van der Waals surface area contributed by atoms with Crippen molar-refractivity contribution < 1.29 is 13.2 Å². The van der Waals surface area contributed by atoms with E-state index in [4.69, 9.17) is 28.6 Å². The molecule has 0 saturated heterocycles. The Balaban J connectivity index is 3.49. The number of hydrogen-bond donors (Lipinski definition) is 1. The highest BCUT2D eigenvalue weighted by atomic mass is 35.5. The molecule has 94 valence electrons. The molecule has 1 nitrogen and oxygen atoms in total. The van der Waals surface area contributed by atoms with Crippen LogP contribution in [-0.2, 0) is 5.41 Å². The van der Waals surface area contributed by atoms with E-state index in [1.165, 1.54) is 18.2 Å². The minimum Gasteiger partial charge on any atom is -0.309 e. The lowest BCUT2D eigenvalue weighted by Crippen LogP contribution is -2.45. The molecule has 0 spiro atoms. The average molecular weight is 284 g/mol. The summed E-state index contributed by atoms with van der Waals surface area (Å²) in [6.07, 6.45) is -4.58. The molecule has 1 aromatic carbocycles. The van der Waals surface area contributed by atoms with Crippen molar-refractivity contribution in [2.45, 2.75) is 25.4 Å². The van der Waals surface area contributed by atoms with Gasteiger partial charge in [-0.25, -0.2) is 0 Å². The fraction of sp³-hybridized carbons (Fsp3) is 0.364. The Morgan fingerprint density at radius 2 is 1.53 bits per heavy atom. The van der Waals surface area contributed by atoms with E-state index >= 15 is 0 Å². The summed E-state index contributed by atoms with van der Waals surface area (Å²) < 4.78 is 39.2. The minimum atomic E-state index is -4.58. The number of hydrogen-bond acceptors (Lipinski definition) is 1. The van der Waals surface area contributed by atoms with Crippen molar-refractivity contribution in [3.05, 3.63) is 33.8 Å². The van der Waals surface area contributed by atoms with Gasteiger partial charge in [-0.1, -0.05) is 23.2 Å². The van der Waals surface area contributed by atoms with Crippen molar-refractivity contribution >= 4 is 28.9 Å². The number of halogens is 5. The molecule has 0 bridgehead atoms. The van der Waals surface area contributed by atoms with E-state index in [-0.39, 0.29) is 15.6 Å². The third kappa shape index (κ3) is 2.58. The van der Waals surface area contributed by atoms with Gasteiger partial charge in [0.25, 0.3) is 0 Å². The van der Waals surface area contributed by atoms with Gasteiger partial charge in [-0.2, -0.15) is 13.2 Å². The molecule has 0 fully saturated rings. The Labute approximate surface area is 107 Å². The zero-order valence-electron chi connectivity index (χ0n) is 9.12. The van der Waals surface area contributed by atoms with Crippen molar-refractivity contribution in [1.82, 2.24) is 0 Å². The summed E-state index contributed by atoms with van der Waals surface area (Å²) in [5.74, 6) is 0. The van der Waals surface area contributed by atoms with Crippen LogP contribution in [0, 0.1) is 5.41 Å². The smallest absolute Gasteiger partial charge is 0.309 e. The van der Waals surface area contributed by atoms with E-state index in [1.54, 1.807) is 0 Å². The second-order valence-corrected chi connectivity index (χ2v) is 4.78. The second-order valence-electron chi connectivity index (χ2n) is 3.91. The van der Waals surface area contributed by atoms with Gasteiger partial charge in [-0.15, -0.1) is 0 Å². The first-order valence-corrected chi connectivity index (χ1v) is 5.43. The molecular formula is C11H10Cl2F3N. The van der Waals surface area contributed by atoms with Gasteiger partial charge < -0.3 is 5.41 Å². The monoisotopic (exact) mass is 283 g/mol. The van der Waals surface area contributed by atoms with Crippen LogP contribution in [0.4, 0.5) is 13.2 Å². The third-order valence-electron chi connectivity index (χ3n) is 2.76. The molecule has 1 rings (SSSR count). The maximum absolute atomic E-state index is 13.1. The van der Waals surface area contributed by atoms with Gasteiger partial charge >= 0.3 is 6.18 Å². The van der Waals surface area contributed by atoms with Gasteiger partial charge in [0.15, 0.2) is 0 Å². The van der Waals surface area contributed by atoms with Crippen LogP contribution in [-0.4, -0.2) is 11.9 Å². The lowest BCUT2D eigenvalue weighted by Gasteiger charge is -2.32. The predicted octanol–water partition coefficient (Wildman–Crippen LogP) is 4.85. The van der Waals surface area contributed by atoms with E-state index in [9.17, 15) is 13.2 Å². The maximum Gasteiger partial charge on any atom is 0.403 e. The largest absolute Gasteiger partial charge is 0.403 e. The Kier molecular flexibility index (Phi) is 3.79. The summed E-state index contributed by atoms with van der Waals surface area (Å²) in [5.41, 5.74) is -3.01. The molecule has 0 aliphatic rings. The van der Waals surface area contributed by atoms with Crippen LogP contribution >= 0.6 is 23.2 Å². The van der Waals surface area contributed by atoms with Crippen molar-refractivity contribution in [2.24, 2.45) is 0 Å². The highest BCUT2D eigenvalue weighted by molar-refractivity contribution is 6.34. The Bertz CT molecular complexity index is 436. The van der Waals surface area contributed by atoms with Gasteiger partial charge in [0.2, 0.25) is 0 Å². The number of alkyl halides is 3. The second kappa shape index (κ2) is 4.50. The predicted molar refractivity (Wildman–Crippen MR) is 63.3 cm³/mol. The molecule has 0 heterocycles. The van der Waals surface area contributed by atoms with E-state index in [1.807, 2.05) is 0 Å². The fourth-order valence-corrected chi connectivity index (χ4v) is 1.96. The molecule has 0 aliphatic carbocycles. The van der Waals surface area contributed by atoms with Crippen LogP contribution < -0.4 is 0 Å². The fourth-order valence-electron chi connectivity index (χ4n) is 1.44. The minimum absolute atomic E-state index is 0.115. The van der Waals surface area contributed by atoms with E-state index in [0.29, 0.717) is 0 Å². The van der Waals surface area contributed by atoms with Crippen molar-refractivity contribution in [2.75, 3.05) is 0 Å². The van der Waals surface area contributed by atoms with E-state index in [2.05, 4.69) is 0 Å². The lowest BCUT2D eigenvalue weighted by atomic mass is 9.78. The van der Waals surface area contributed by atoms with Gasteiger partial charge in [0, 0.05) is 15.8 Å². The molecule has 0 radical (unpaired) electrons. The van der Waals surface area contributed by atoms with Crippen LogP contribution in [0.15, 0.2) is 18.2 Å². The highest BCUT2D eigenvalue weighted by Gasteiger charge is 2.54. The number of nitrogens with one attached hydrogen (secondary N) is 1. The zero-order chi connectivity index (χ0) is 13.4. The molecule has 0 aromatic heterocycles. The van der Waals surface area contributed by atoms with Gasteiger partial charge in [0.1, 0.15) is 5.41 Å². The molecule has 1 N–H and O–H groups in total. The lowest BCUT2D eigenvalue weighted by molar-refractivity contribution is -0.165. The molecule has 1 aromatic rings. The first-order valence-electron chi connectivity index (χ1n) is 4.68. The molecular weight excluding hydrogens is 274 g/mol. The summed E-state index contributed by atoms with van der Waals surface area (Å²) in [6, 6.07) is 3.71. The van der Waals surface area contributed by atoms with Gasteiger partial charge in [-0.3, -0.25) is 0 Å². The van der Waals surface area contributed by atoms with Crippen molar-refractivity contribution in [3.8, 4) is 0 Å². The van der Waals surface area contributed by atoms with Gasteiger partial charge in [0.05, 0.1) is 0 Å². The highest BCUT2D eigenvalue weighted by Crippen LogP contribution is 2.43. The van der Waals surface area contributed by atoms with Crippen LogP contribution in [0.5, 0.6) is 0 Å². The summed E-state index contributed by atoms with van der Waals surface area (Å²) in [7, 11) is 0. The summed E-state index contributed by atoms with van der Waals surface area (Å²) in [4.78, 5) is 0. The SMILES string of the molecule is CC(=N)[C@@](C)(c1cc(Cl)cc(Cl)c1)C(F)(F)F. The topological polar surface area (TPSA) is 23.9 Å².